The Morgan fingerprint density at radius 1 is 1.47 bits per heavy atom. The minimum absolute atomic E-state index is 0.184. The zero-order valence-electron chi connectivity index (χ0n) is 10.1. The molecule has 1 amide bonds. The molecule has 17 heavy (non-hydrogen) atoms. The number of nitrogens with one attached hydrogen (secondary N) is 1. The summed E-state index contributed by atoms with van der Waals surface area (Å²) in [5.74, 6) is 1.06. The second-order valence-electron chi connectivity index (χ2n) is 4.73. The minimum atomic E-state index is -0.276. The number of amides is 1. The van der Waals surface area contributed by atoms with Gasteiger partial charge in [-0.2, -0.15) is 0 Å². The molecule has 1 aliphatic rings. The van der Waals surface area contributed by atoms with Gasteiger partial charge in [-0.1, -0.05) is 12.8 Å². The van der Waals surface area contributed by atoms with Gasteiger partial charge in [-0.05, 0) is 31.9 Å². The van der Waals surface area contributed by atoms with E-state index in [0.29, 0.717) is 12.3 Å². The van der Waals surface area contributed by atoms with Gasteiger partial charge in [0.2, 0.25) is 0 Å². The third-order valence-corrected chi connectivity index (χ3v) is 3.36. The first-order valence-electron chi connectivity index (χ1n) is 6.19. The van der Waals surface area contributed by atoms with Crippen molar-refractivity contribution in [1.82, 2.24) is 5.32 Å². The molecule has 2 rings (SSSR count). The number of carbonyl (C=O) groups is 1. The molecule has 4 nitrogen and oxygen atoms in total. The lowest BCUT2D eigenvalue weighted by molar-refractivity contribution is 0.0655. The van der Waals surface area contributed by atoms with Gasteiger partial charge in [-0.3, -0.25) is 4.79 Å². The summed E-state index contributed by atoms with van der Waals surface area (Å²) >= 11 is 0. The van der Waals surface area contributed by atoms with Crippen LogP contribution in [0.1, 0.15) is 42.0 Å². The van der Waals surface area contributed by atoms with E-state index >= 15 is 0 Å². The third-order valence-electron chi connectivity index (χ3n) is 3.36. The van der Waals surface area contributed by atoms with Crippen molar-refractivity contribution in [2.24, 2.45) is 5.92 Å². The molecule has 0 spiro atoms. The average Bonchev–Trinajstić information content (AvgIpc) is 2.74. The zero-order chi connectivity index (χ0) is 12.3. The summed E-state index contributed by atoms with van der Waals surface area (Å²) in [6, 6.07) is 3.44. The van der Waals surface area contributed by atoms with Crippen LogP contribution in [-0.4, -0.2) is 23.7 Å². The summed E-state index contributed by atoms with van der Waals surface area (Å²) in [5, 5.41) is 12.6. The van der Waals surface area contributed by atoms with Gasteiger partial charge in [0.15, 0.2) is 5.76 Å². The van der Waals surface area contributed by atoms with Gasteiger partial charge >= 0.3 is 0 Å². The molecular weight excluding hydrogens is 218 g/mol. The van der Waals surface area contributed by atoms with Crippen LogP contribution in [-0.2, 0) is 0 Å². The van der Waals surface area contributed by atoms with Crippen LogP contribution in [0.2, 0.25) is 0 Å². The monoisotopic (exact) mass is 237 g/mol. The molecule has 1 saturated carbocycles. The number of aryl methyl sites for hydroxylation is 1. The molecule has 4 heteroatoms. The lowest BCUT2D eigenvalue weighted by Gasteiger charge is -2.27. The smallest absolute Gasteiger partial charge is 0.287 e. The first kappa shape index (κ1) is 12.2. The first-order valence-corrected chi connectivity index (χ1v) is 6.19. The van der Waals surface area contributed by atoms with Crippen molar-refractivity contribution in [3.05, 3.63) is 23.7 Å². The van der Waals surface area contributed by atoms with Gasteiger partial charge in [0.25, 0.3) is 5.91 Å². The Bertz CT molecular complexity index is 386. The molecule has 1 aromatic heterocycles. The first-order chi connectivity index (χ1) is 8.16. The van der Waals surface area contributed by atoms with Crippen LogP contribution in [0, 0.1) is 12.8 Å². The molecule has 0 saturated heterocycles. The Morgan fingerprint density at radius 3 is 2.88 bits per heavy atom. The van der Waals surface area contributed by atoms with Crippen LogP contribution in [0.4, 0.5) is 0 Å². The van der Waals surface area contributed by atoms with Crippen LogP contribution >= 0.6 is 0 Å². The molecule has 0 radical (unpaired) electrons. The van der Waals surface area contributed by atoms with Gasteiger partial charge in [0, 0.05) is 12.5 Å². The molecule has 1 aromatic rings. The predicted octanol–water partition coefficient (Wildman–Crippen LogP) is 1.87. The molecule has 0 aliphatic heterocycles. The van der Waals surface area contributed by atoms with Gasteiger partial charge in [-0.15, -0.1) is 0 Å². The number of hydrogen-bond donors (Lipinski definition) is 2. The molecule has 1 heterocycles. The number of carbonyl (C=O) groups excluding carboxylic acids is 1. The molecule has 1 aliphatic carbocycles. The molecular formula is C13H19NO3. The van der Waals surface area contributed by atoms with Crippen LogP contribution in [0.15, 0.2) is 16.5 Å². The van der Waals surface area contributed by atoms with Crippen molar-refractivity contribution in [1.29, 1.82) is 0 Å². The normalized spacial score (nSPS) is 24.6. The molecule has 2 N–H and O–H groups in total. The Balaban J connectivity index is 1.83. The fourth-order valence-corrected chi connectivity index (χ4v) is 2.29. The molecule has 1 fully saturated rings. The van der Waals surface area contributed by atoms with E-state index in [1.54, 1.807) is 12.1 Å². The number of hydrogen-bond acceptors (Lipinski definition) is 3. The summed E-state index contributed by atoms with van der Waals surface area (Å²) in [7, 11) is 0. The lowest BCUT2D eigenvalue weighted by atomic mass is 9.86. The van der Waals surface area contributed by atoms with Crippen LogP contribution in [0.25, 0.3) is 0 Å². The van der Waals surface area contributed by atoms with Crippen molar-refractivity contribution >= 4 is 5.91 Å². The maximum atomic E-state index is 11.7. The van der Waals surface area contributed by atoms with Gasteiger partial charge in [-0.25, -0.2) is 0 Å². The largest absolute Gasteiger partial charge is 0.456 e. The number of aliphatic hydroxyl groups excluding tert-OH is 1. The summed E-state index contributed by atoms with van der Waals surface area (Å²) in [6.45, 7) is 2.33. The Hall–Kier alpha value is -1.29. The van der Waals surface area contributed by atoms with Crippen molar-refractivity contribution in [2.75, 3.05) is 6.54 Å². The second kappa shape index (κ2) is 5.36. The van der Waals surface area contributed by atoms with Crippen LogP contribution < -0.4 is 5.32 Å². The average molecular weight is 237 g/mol. The molecule has 0 aromatic carbocycles. The number of furan rings is 1. The number of rotatable bonds is 3. The predicted molar refractivity (Wildman–Crippen MR) is 63.7 cm³/mol. The molecule has 2 atom stereocenters. The van der Waals surface area contributed by atoms with Crippen molar-refractivity contribution in [3.8, 4) is 0 Å². The summed E-state index contributed by atoms with van der Waals surface area (Å²) < 4.78 is 5.24. The summed E-state index contributed by atoms with van der Waals surface area (Å²) in [4.78, 5) is 11.7. The van der Waals surface area contributed by atoms with E-state index in [9.17, 15) is 9.90 Å². The highest BCUT2D eigenvalue weighted by molar-refractivity contribution is 5.91. The van der Waals surface area contributed by atoms with Gasteiger partial charge in [0.05, 0.1) is 6.10 Å². The van der Waals surface area contributed by atoms with Crippen LogP contribution in [0.5, 0.6) is 0 Å². The molecule has 2 unspecified atom stereocenters. The SMILES string of the molecule is Cc1ccc(C(=O)NCC2CCCCC2O)o1. The van der Waals surface area contributed by atoms with Crippen molar-refractivity contribution < 1.29 is 14.3 Å². The molecule has 94 valence electrons. The van der Waals surface area contributed by atoms with E-state index in [1.807, 2.05) is 6.92 Å². The summed E-state index contributed by atoms with van der Waals surface area (Å²) in [6.07, 6.45) is 3.78. The van der Waals surface area contributed by atoms with E-state index in [1.165, 1.54) is 0 Å². The number of aliphatic hydroxyl groups is 1. The standard InChI is InChI=1S/C13H19NO3/c1-9-6-7-12(17-9)13(16)14-8-10-4-2-3-5-11(10)15/h6-7,10-11,15H,2-5,8H2,1H3,(H,14,16). The highest BCUT2D eigenvalue weighted by atomic mass is 16.3. The fraction of sp³-hybridized carbons (Fsp3) is 0.615. The maximum absolute atomic E-state index is 11.7. The minimum Gasteiger partial charge on any atom is -0.456 e. The van der Waals surface area contributed by atoms with E-state index in [2.05, 4.69) is 5.32 Å². The highest BCUT2D eigenvalue weighted by Crippen LogP contribution is 2.23. The van der Waals surface area contributed by atoms with E-state index < -0.39 is 0 Å². The van der Waals surface area contributed by atoms with E-state index in [4.69, 9.17) is 4.42 Å². The summed E-state index contributed by atoms with van der Waals surface area (Å²) in [5.41, 5.74) is 0. The van der Waals surface area contributed by atoms with Crippen LogP contribution in [0.3, 0.4) is 0 Å². The topological polar surface area (TPSA) is 62.5 Å². The van der Waals surface area contributed by atoms with Gasteiger partial charge < -0.3 is 14.8 Å². The van der Waals surface area contributed by atoms with E-state index in [-0.39, 0.29) is 17.9 Å². The fourth-order valence-electron chi connectivity index (χ4n) is 2.29. The zero-order valence-corrected chi connectivity index (χ0v) is 10.1. The maximum Gasteiger partial charge on any atom is 0.287 e. The molecule has 0 bridgehead atoms. The second-order valence-corrected chi connectivity index (χ2v) is 4.73. The highest BCUT2D eigenvalue weighted by Gasteiger charge is 2.23. The Labute approximate surface area is 101 Å². The Kier molecular flexibility index (Phi) is 3.84. The Morgan fingerprint density at radius 2 is 2.24 bits per heavy atom. The van der Waals surface area contributed by atoms with E-state index in [0.717, 1.165) is 31.4 Å². The van der Waals surface area contributed by atoms with Crippen molar-refractivity contribution in [3.63, 3.8) is 0 Å². The van der Waals surface area contributed by atoms with Crippen molar-refractivity contribution in [2.45, 2.75) is 38.7 Å². The quantitative estimate of drug-likeness (QED) is 0.843. The van der Waals surface area contributed by atoms with Gasteiger partial charge in [0.1, 0.15) is 5.76 Å². The third kappa shape index (κ3) is 3.09. The lowest BCUT2D eigenvalue weighted by Crippen LogP contribution is -2.36.